The molecule has 33 heavy (non-hydrogen) atoms. The van der Waals surface area contributed by atoms with Gasteiger partial charge in [-0.2, -0.15) is 5.10 Å². The molecule has 0 spiro atoms. The van der Waals surface area contributed by atoms with E-state index in [2.05, 4.69) is 15.1 Å². The van der Waals surface area contributed by atoms with Crippen LogP contribution in [-0.2, 0) is 11.2 Å². The number of aryl methyl sites for hydroxylation is 2. The van der Waals surface area contributed by atoms with Crippen molar-refractivity contribution in [1.29, 1.82) is 0 Å². The van der Waals surface area contributed by atoms with Crippen molar-refractivity contribution in [3.63, 3.8) is 0 Å². The van der Waals surface area contributed by atoms with Crippen LogP contribution in [-0.4, -0.2) is 50.1 Å². The number of rotatable bonds is 4. The van der Waals surface area contributed by atoms with Gasteiger partial charge in [-0.1, -0.05) is 18.2 Å². The molecule has 1 atom stereocenters. The highest BCUT2D eigenvalue weighted by Gasteiger charge is 2.29. The van der Waals surface area contributed by atoms with Crippen molar-refractivity contribution in [3.05, 3.63) is 94.4 Å². The Morgan fingerprint density at radius 3 is 2.79 bits per heavy atom. The number of morpholine rings is 1. The van der Waals surface area contributed by atoms with Gasteiger partial charge < -0.3 is 9.64 Å². The van der Waals surface area contributed by atoms with Gasteiger partial charge in [0.2, 0.25) is 0 Å². The number of carbonyl (C=O) groups is 1. The average Bonchev–Trinajstić information content (AvgIpc) is 3.28. The summed E-state index contributed by atoms with van der Waals surface area (Å²) < 4.78 is 21.7. The van der Waals surface area contributed by atoms with Crippen LogP contribution in [0.1, 0.15) is 44.8 Å². The normalized spacial score (nSPS) is 16.3. The summed E-state index contributed by atoms with van der Waals surface area (Å²) in [7, 11) is 0. The molecule has 0 N–H and O–H groups in total. The number of amides is 1. The molecular weight excluding hydrogens is 421 g/mol. The van der Waals surface area contributed by atoms with Crippen LogP contribution >= 0.6 is 0 Å². The maximum absolute atomic E-state index is 14.2. The number of benzene rings is 1. The third kappa shape index (κ3) is 4.34. The molecule has 0 radical (unpaired) electrons. The molecule has 0 aliphatic carbocycles. The third-order valence-electron chi connectivity index (χ3n) is 5.78. The number of carbonyl (C=O) groups excluding carboxylic acids is 1. The van der Waals surface area contributed by atoms with Crippen LogP contribution in [0.4, 0.5) is 4.39 Å². The first-order valence-electron chi connectivity index (χ1n) is 10.9. The monoisotopic (exact) mass is 445 g/mol. The second-order valence-electron chi connectivity index (χ2n) is 8.30. The van der Waals surface area contributed by atoms with Gasteiger partial charge in [-0.25, -0.2) is 13.9 Å². The summed E-state index contributed by atoms with van der Waals surface area (Å²) >= 11 is 0. The largest absolute Gasteiger partial charge is 0.368 e. The van der Waals surface area contributed by atoms with Gasteiger partial charge in [-0.15, -0.1) is 0 Å². The molecule has 5 rings (SSSR count). The average molecular weight is 445 g/mol. The summed E-state index contributed by atoms with van der Waals surface area (Å²) in [6.45, 7) is 5.03. The lowest BCUT2D eigenvalue weighted by Crippen LogP contribution is -2.43. The Hall–Kier alpha value is -3.65. The maximum Gasteiger partial charge on any atom is 0.272 e. The molecule has 168 valence electrons. The molecule has 8 heteroatoms. The highest BCUT2D eigenvalue weighted by Crippen LogP contribution is 2.25. The topological polar surface area (TPSA) is 72.6 Å². The summed E-state index contributed by atoms with van der Waals surface area (Å²) in [5, 5.41) is 4.26. The Balaban J connectivity index is 1.39. The van der Waals surface area contributed by atoms with Crippen molar-refractivity contribution in [2.75, 3.05) is 19.7 Å². The number of nitrogens with zero attached hydrogens (tertiary/aromatic N) is 5. The summed E-state index contributed by atoms with van der Waals surface area (Å²) in [6, 6.07) is 14.2. The van der Waals surface area contributed by atoms with Crippen LogP contribution in [0, 0.1) is 19.7 Å². The van der Waals surface area contributed by atoms with Gasteiger partial charge in [0.1, 0.15) is 17.6 Å². The number of halogens is 1. The van der Waals surface area contributed by atoms with Crippen molar-refractivity contribution in [2.45, 2.75) is 26.4 Å². The molecule has 7 nitrogen and oxygen atoms in total. The van der Waals surface area contributed by atoms with Crippen molar-refractivity contribution in [3.8, 4) is 0 Å². The molecular formula is C25H24FN5O2. The van der Waals surface area contributed by atoms with Crippen molar-refractivity contribution in [1.82, 2.24) is 24.5 Å². The van der Waals surface area contributed by atoms with Crippen molar-refractivity contribution >= 4 is 11.6 Å². The van der Waals surface area contributed by atoms with Gasteiger partial charge in [0, 0.05) is 30.4 Å². The van der Waals surface area contributed by atoms with E-state index in [0.717, 1.165) is 22.6 Å². The predicted molar refractivity (Wildman–Crippen MR) is 121 cm³/mol. The first kappa shape index (κ1) is 21.2. The minimum absolute atomic E-state index is 0.123. The number of hydrogen-bond donors (Lipinski definition) is 0. The standard InChI is InChI=1S/C25H24FN5O2/c1-16-11-18(13-19-5-3-4-6-20(19)26)14-21(28-16)23-15-30(9-10-33-23)25(32)22-12-17(2)29-24-7-8-27-31(22)24/h3-8,11-12,14,23H,9-10,13,15H2,1-2H3/t23-/m0/s1. The number of aromatic nitrogens is 4. The Bertz CT molecular complexity index is 1340. The van der Waals surface area contributed by atoms with E-state index in [1.54, 1.807) is 39.9 Å². The fraction of sp³-hybridized carbons (Fsp3) is 0.280. The van der Waals surface area contributed by atoms with Gasteiger partial charge in [0.25, 0.3) is 5.91 Å². The second-order valence-corrected chi connectivity index (χ2v) is 8.30. The highest BCUT2D eigenvalue weighted by atomic mass is 19.1. The first-order chi connectivity index (χ1) is 16.0. The van der Waals surface area contributed by atoms with Gasteiger partial charge in [-0.05, 0) is 49.2 Å². The lowest BCUT2D eigenvalue weighted by Gasteiger charge is -2.33. The Kier molecular flexibility index (Phi) is 5.60. The number of pyridine rings is 1. The van der Waals surface area contributed by atoms with E-state index < -0.39 is 0 Å². The summed E-state index contributed by atoms with van der Waals surface area (Å²) in [6.07, 6.45) is 1.73. The number of fused-ring (bicyclic) bond motifs is 1. The molecule has 1 aromatic carbocycles. The Morgan fingerprint density at radius 2 is 1.94 bits per heavy atom. The fourth-order valence-electron chi connectivity index (χ4n) is 4.26. The van der Waals surface area contributed by atoms with E-state index in [9.17, 15) is 9.18 Å². The van der Waals surface area contributed by atoms with E-state index in [1.165, 1.54) is 6.07 Å². The quantitative estimate of drug-likeness (QED) is 0.479. The smallest absolute Gasteiger partial charge is 0.272 e. The molecule has 1 aliphatic heterocycles. The van der Waals surface area contributed by atoms with Crippen LogP contribution < -0.4 is 0 Å². The molecule has 1 fully saturated rings. The fourth-order valence-corrected chi connectivity index (χ4v) is 4.26. The SMILES string of the molecule is Cc1cc(Cc2ccccc2F)cc([C@@H]2CN(C(=O)c3cc(C)nc4ccnn34)CCO2)n1. The van der Waals surface area contributed by atoms with Gasteiger partial charge in [0.05, 0.1) is 25.0 Å². The van der Waals surface area contributed by atoms with E-state index in [4.69, 9.17) is 4.74 Å². The number of hydrogen-bond acceptors (Lipinski definition) is 5. The summed E-state index contributed by atoms with van der Waals surface area (Å²) in [4.78, 5) is 24.2. The van der Waals surface area contributed by atoms with Crippen LogP contribution in [0.3, 0.4) is 0 Å². The predicted octanol–water partition coefficient (Wildman–Crippen LogP) is 3.68. The minimum atomic E-state index is -0.363. The zero-order valence-corrected chi connectivity index (χ0v) is 18.5. The molecule has 4 aromatic rings. The minimum Gasteiger partial charge on any atom is -0.368 e. The summed E-state index contributed by atoms with van der Waals surface area (Å²) in [5.74, 6) is -0.349. The van der Waals surface area contributed by atoms with E-state index in [1.807, 2.05) is 32.0 Å². The lowest BCUT2D eigenvalue weighted by molar-refractivity contribution is -0.0250. The molecule has 3 aromatic heterocycles. The molecule has 0 saturated carbocycles. The maximum atomic E-state index is 14.2. The van der Waals surface area contributed by atoms with Crippen molar-refractivity contribution in [2.24, 2.45) is 0 Å². The zero-order chi connectivity index (χ0) is 22.9. The van der Waals surface area contributed by atoms with Crippen LogP contribution in [0.15, 0.2) is 54.7 Å². The van der Waals surface area contributed by atoms with Crippen LogP contribution in [0.25, 0.3) is 5.65 Å². The summed E-state index contributed by atoms with van der Waals surface area (Å²) in [5.41, 5.74) is 5.03. The van der Waals surface area contributed by atoms with E-state index in [-0.39, 0.29) is 17.8 Å². The van der Waals surface area contributed by atoms with Gasteiger partial charge in [-0.3, -0.25) is 9.78 Å². The van der Waals surface area contributed by atoms with Gasteiger partial charge >= 0.3 is 0 Å². The number of ether oxygens (including phenoxy) is 1. The van der Waals surface area contributed by atoms with Crippen LogP contribution in [0.5, 0.6) is 0 Å². The van der Waals surface area contributed by atoms with Crippen molar-refractivity contribution < 1.29 is 13.9 Å². The van der Waals surface area contributed by atoms with Crippen LogP contribution in [0.2, 0.25) is 0 Å². The Morgan fingerprint density at radius 1 is 1.12 bits per heavy atom. The van der Waals surface area contributed by atoms with Gasteiger partial charge in [0.15, 0.2) is 5.65 Å². The molecule has 4 heterocycles. The molecule has 0 bridgehead atoms. The lowest BCUT2D eigenvalue weighted by atomic mass is 10.0. The molecule has 1 amide bonds. The first-order valence-corrected chi connectivity index (χ1v) is 10.9. The molecule has 0 unspecified atom stereocenters. The zero-order valence-electron chi connectivity index (χ0n) is 18.5. The molecule has 1 saturated heterocycles. The highest BCUT2D eigenvalue weighted by molar-refractivity contribution is 5.93. The third-order valence-corrected chi connectivity index (χ3v) is 5.78. The van der Waals surface area contributed by atoms with E-state index >= 15 is 0 Å². The molecule has 1 aliphatic rings. The van der Waals surface area contributed by atoms with E-state index in [0.29, 0.717) is 43.0 Å². The Labute approximate surface area is 190 Å². The second kappa shape index (κ2) is 8.71.